The van der Waals surface area contributed by atoms with Crippen LogP contribution in [0.5, 0.6) is 0 Å². The first-order chi connectivity index (χ1) is 4.56. The minimum atomic E-state index is -3.74. The maximum Gasteiger partial charge on any atom is 1.00 e. The molecule has 0 saturated carbocycles. The predicted octanol–water partition coefficient (Wildman–Crippen LogP) is -1.65. The number of allylic oxidation sites excluding steroid dienone is 1. The molecule has 0 amide bonds. The summed E-state index contributed by atoms with van der Waals surface area (Å²) in [6, 6.07) is 0. The molecule has 0 aromatic heterocycles. The van der Waals surface area contributed by atoms with Gasteiger partial charge in [0.15, 0.2) is 0 Å². The summed E-state index contributed by atoms with van der Waals surface area (Å²) in [6.07, 6.45) is 3.80. The average Bonchev–Trinajstić information content (AvgIpc) is 1.78. The Morgan fingerprint density at radius 3 is 2.36 bits per heavy atom. The van der Waals surface area contributed by atoms with E-state index in [1.807, 2.05) is 0 Å². The summed E-state index contributed by atoms with van der Waals surface area (Å²) < 4.78 is 28.5. The van der Waals surface area contributed by atoms with E-state index in [-0.39, 0.29) is 36.7 Å². The largest absolute Gasteiger partial charge is 1.00 e. The van der Waals surface area contributed by atoms with Gasteiger partial charge in [0, 0.05) is 0 Å². The van der Waals surface area contributed by atoms with Crippen molar-refractivity contribution in [3.8, 4) is 0 Å². The van der Waals surface area contributed by atoms with Crippen molar-refractivity contribution in [3.05, 3.63) is 12.7 Å². The Hall–Kier alpha value is 0.650. The van der Waals surface area contributed by atoms with Crippen LogP contribution in [-0.4, -0.2) is 18.7 Å². The molecule has 0 rings (SSSR count). The third-order valence-corrected chi connectivity index (χ3v) is 1.87. The van der Waals surface area contributed by atoms with Crippen molar-refractivity contribution < 1.29 is 44.0 Å². The summed E-state index contributed by atoms with van der Waals surface area (Å²) in [6.45, 7) is 3.48. The summed E-state index contributed by atoms with van der Waals surface area (Å²) in [5, 5.41) is 0. The van der Waals surface area contributed by atoms with E-state index < -0.39 is 10.1 Å². The topological polar surface area (TPSA) is 54.4 Å². The zero-order valence-electron chi connectivity index (χ0n) is 7.78. The van der Waals surface area contributed by atoms with Crippen LogP contribution < -0.4 is 29.6 Å². The molecule has 62 valence electrons. The van der Waals surface area contributed by atoms with Crippen LogP contribution in [0.15, 0.2) is 12.7 Å². The molecular weight excluding hydrogens is 175 g/mol. The maximum atomic E-state index is 10.1. The molecule has 0 aliphatic rings. The van der Waals surface area contributed by atoms with Crippen LogP contribution in [-0.2, 0) is 10.1 Å². The van der Waals surface area contributed by atoms with Crippen LogP contribution in [0.2, 0.25) is 0 Å². The van der Waals surface area contributed by atoms with Gasteiger partial charge in [0.25, 0.3) is 10.1 Å². The van der Waals surface area contributed by atoms with Gasteiger partial charge in [0.05, 0.1) is 5.75 Å². The van der Waals surface area contributed by atoms with Gasteiger partial charge in [-0.15, -0.1) is 6.58 Å². The normalized spacial score (nSPS) is 10.3. The van der Waals surface area contributed by atoms with Gasteiger partial charge in [-0.1, -0.05) is 6.08 Å². The molecule has 0 radical (unpaired) electrons. The van der Waals surface area contributed by atoms with E-state index in [2.05, 4.69) is 6.58 Å². The van der Waals surface area contributed by atoms with Gasteiger partial charge in [0.1, 0.15) is 0 Å². The van der Waals surface area contributed by atoms with Crippen molar-refractivity contribution in [3.63, 3.8) is 0 Å². The molecule has 0 bridgehead atoms. The monoisotopic (exact) mass is 188 g/mol. The van der Waals surface area contributed by atoms with Gasteiger partial charge in [-0.2, -0.15) is 8.42 Å². The standard InChI is InChI=1S/C6H12O3S.Na.H/c1-2-3-4-5-6-10(7,8)9;;/h2H,1,3-6H2,(H,7,8,9);;/q;+1;-1. The van der Waals surface area contributed by atoms with Gasteiger partial charge >= 0.3 is 29.6 Å². The molecule has 11 heavy (non-hydrogen) atoms. The molecule has 0 spiro atoms. The van der Waals surface area contributed by atoms with Crippen LogP contribution in [0, 0.1) is 0 Å². The number of hydrogen-bond acceptors (Lipinski definition) is 2. The number of rotatable bonds is 5. The molecule has 0 saturated heterocycles. The van der Waals surface area contributed by atoms with Gasteiger partial charge in [0.2, 0.25) is 0 Å². The molecule has 0 heterocycles. The van der Waals surface area contributed by atoms with Crippen molar-refractivity contribution in [1.82, 2.24) is 0 Å². The minimum Gasteiger partial charge on any atom is -1.00 e. The smallest absolute Gasteiger partial charge is 1.00 e. The first-order valence-corrected chi connectivity index (χ1v) is 4.73. The Labute approximate surface area is 91.4 Å². The third-order valence-electron chi connectivity index (χ3n) is 1.06. The molecule has 3 nitrogen and oxygen atoms in total. The summed E-state index contributed by atoms with van der Waals surface area (Å²) in [5.41, 5.74) is 0. The van der Waals surface area contributed by atoms with Crippen LogP contribution in [0.4, 0.5) is 0 Å². The molecule has 0 aromatic rings. The molecule has 1 N–H and O–H groups in total. The number of unbranched alkanes of at least 4 members (excludes halogenated alkanes) is 2. The van der Waals surface area contributed by atoms with Crippen molar-refractivity contribution in [2.75, 3.05) is 5.75 Å². The summed E-state index contributed by atoms with van der Waals surface area (Å²) in [7, 11) is -3.74. The SMILES string of the molecule is C=CCCCCS(=O)(=O)O.[H-].[Na+]. The van der Waals surface area contributed by atoms with Gasteiger partial charge < -0.3 is 1.43 Å². The fourth-order valence-electron chi connectivity index (χ4n) is 0.573. The zero-order chi connectivity index (χ0) is 8.04. The Morgan fingerprint density at radius 1 is 1.45 bits per heavy atom. The van der Waals surface area contributed by atoms with E-state index in [1.54, 1.807) is 6.08 Å². The van der Waals surface area contributed by atoms with Crippen molar-refractivity contribution in [1.29, 1.82) is 0 Å². The van der Waals surface area contributed by atoms with E-state index in [1.165, 1.54) is 0 Å². The van der Waals surface area contributed by atoms with E-state index in [4.69, 9.17) is 4.55 Å². The Bertz CT molecular complexity index is 191. The quantitative estimate of drug-likeness (QED) is 0.243. The molecule has 0 atom stereocenters. The van der Waals surface area contributed by atoms with Crippen molar-refractivity contribution >= 4 is 10.1 Å². The summed E-state index contributed by atoms with van der Waals surface area (Å²) >= 11 is 0. The van der Waals surface area contributed by atoms with Crippen LogP contribution in [0.25, 0.3) is 0 Å². The van der Waals surface area contributed by atoms with Gasteiger partial charge in [-0.05, 0) is 19.3 Å². The summed E-state index contributed by atoms with van der Waals surface area (Å²) in [4.78, 5) is 0. The number of hydrogen-bond donors (Lipinski definition) is 1. The molecule has 0 aliphatic heterocycles. The second kappa shape index (κ2) is 7.31. The van der Waals surface area contributed by atoms with E-state index in [0.717, 1.165) is 12.8 Å². The molecule has 5 heteroatoms. The Kier molecular flexibility index (Phi) is 9.43. The van der Waals surface area contributed by atoms with Gasteiger partial charge in [-0.25, -0.2) is 0 Å². The van der Waals surface area contributed by atoms with Crippen LogP contribution >= 0.6 is 0 Å². The van der Waals surface area contributed by atoms with Gasteiger partial charge in [-0.3, -0.25) is 4.55 Å². The minimum absolute atomic E-state index is 0. The fraction of sp³-hybridized carbons (Fsp3) is 0.667. The predicted molar refractivity (Wildman–Crippen MR) is 41.6 cm³/mol. The van der Waals surface area contributed by atoms with E-state index in [0.29, 0.717) is 6.42 Å². The van der Waals surface area contributed by atoms with E-state index >= 15 is 0 Å². The Morgan fingerprint density at radius 2 is 2.00 bits per heavy atom. The van der Waals surface area contributed by atoms with Crippen LogP contribution in [0.1, 0.15) is 20.7 Å². The Balaban J connectivity index is -0.000000405. The summed E-state index contributed by atoms with van der Waals surface area (Å²) in [5.74, 6) is -0.138. The zero-order valence-corrected chi connectivity index (χ0v) is 9.60. The molecular formula is C6H13NaO3S. The molecule has 0 fully saturated rings. The first kappa shape index (κ1) is 14.2. The molecule has 0 aromatic carbocycles. The molecule has 0 unspecified atom stereocenters. The van der Waals surface area contributed by atoms with E-state index in [9.17, 15) is 8.42 Å². The first-order valence-electron chi connectivity index (χ1n) is 3.12. The van der Waals surface area contributed by atoms with Crippen LogP contribution in [0.3, 0.4) is 0 Å². The second-order valence-corrected chi connectivity index (χ2v) is 3.64. The van der Waals surface area contributed by atoms with Crippen molar-refractivity contribution in [2.45, 2.75) is 19.3 Å². The maximum absolute atomic E-state index is 10.1. The average molecular weight is 188 g/mol. The van der Waals surface area contributed by atoms with Crippen molar-refractivity contribution in [2.24, 2.45) is 0 Å². The molecule has 0 aliphatic carbocycles. The second-order valence-electron chi connectivity index (χ2n) is 2.07. The third kappa shape index (κ3) is 13.6. The fourth-order valence-corrected chi connectivity index (χ4v) is 1.14.